The Morgan fingerprint density at radius 2 is 1.72 bits per heavy atom. The van der Waals surface area contributed by atoms with Crippen LogP contribution in [0.15, 0.2) is 48.5 Å². The summed E-state index contributed by atoms with van der Waals surface area (Å²) < 4.78 is 0. The van der Waals surface area contributed by atoms with E-state index < -0.39 is 0 Å². The second-order valence-electron chi connectivity index (χ2n) is 7.43. The number of rotatable bonds is 5. The van der Waals surface area contributed by atoms with Gasteiger partial charge in [-0.15, -0.1) is 0 Å². The first kappa shape index (κ1) is 17.7. The lowest BCUT2D eigenvalue weighted by molar-refractivity contribution is 0.0930. The summed E-state index contributed by atoms with van der Waals surface area (Å²) in [4.78, 5) is 14.7. The molecule has 3 nitrogen and oxygen atoms in total. The summed E-state index contributed by atoms with van der Waals surface area (Å²) >= 11 is 0. The highest BCUT2D eigenvalue weighted by Gasteiger charge is 2.16. The topological polar surface area (TPSA) is 32.3 Å². The first-order chi connectivity index (χ1) is 12.0. The van der Waals surface area contributed by atoms with Crippen LogP contribution in [0.5, 0.6) is 0 Å². The second kappa shape index (κ2) is 7.83. The molecule has 1 aliphatic heterocycles. The monoisotopic (exact) mass is 336 g/mol. The highest BCUT2D eigenvalue weighted by atomic mass is 16.1. The number of carbonyl (C=O) groups is 1. The van der Waals surface area contributed by atoms with Gasteiger partial charge in [-0.25, -0.2) is 0 Å². The van der Waals surface area contributed by atoms with Gasteiger partial charge in [0, 0.05) is 31.2 Å². The Labute approximate surface area is 151 Å². The number of nitrogens with one attached hydrogen (secondary N) is 1. The van der Waals surface area contributed by atoms with E-state index in [1.54, 1.807) is 0 Å². The van der Waals surface area contributed by atoms with E-state index >= 15 is 0 Å². The van der Waals surface area contributed by atoms with Crippen molar-refractivity contribution in [2.24, 2.45) is 5.92 Å². The normalized spacial score (nSPS) is 15.7. The van der Waals surface area contributed by atoms with Gasteiger partial charge in [-0.05, 0) is 48.1 Å². The van der Waals surface area contributed by atoms with Gasteiger partial charge < -0.3 is 5.32 Å². The van der Waals surface area contributed by atoms with E-state index in [-0.39, 0.29) is 11.9 Å². The summed E-state index contributed by atoms with van der Waals surface area (Å²) in [6.07, 6.45) is 1.11. The molecule has 2 aromatic rings. The van der Waals surface area contributed by atoms with E-state index in [0.29, 0.717) is 5.92 Å². The predicted octanol–water partition coefficient (Wildman–Crippen LogP) is 4.02. The molecule has 3 heteroatoms. The first-order valence-electron chi connectivity index (χ1n) is 9.22. The highest BCUT2D eigenvalue weighted by molar-refractivity contribution is 5.94. The van der Waals surface area contributed by atoms with Crippen LogP contribution < -0.4 is 5.32 Å². The molecule has 25 heavy (non-hydrogen) atoms. The van der Waals surface area contributed by atoms with Crippen molar-refractivity contribution < 1.29 is 4.79 Å². The summed E-state index contributed by atoms with van der Waals surface area (Å²) in [7, 11) is 0. The number of fused-ring (bicyclic) bond motifs is 1. The van der Waals surface area contributed by atoms with E-state index in [4.69, 9.17) is 0 Å². The molecule has 1 heterocycles. The summed E-state index contributed by atoms with van der Waals surface area (Å²) in [5.41, 5.74) is 4.91. The molecule has 2 aromatic carbocycles. The number of nitrogens with zero attached hydrogens (tertiary/aromatic N) is 1. The molecule has 1 atom stereocenters. The lowest BCUT2D eigenvalue weighted by Crippen LogP contribution is -2.36. The molecule has 0 spiro atoms. The minimum atomic E-state index is 0.0136. The van der Waals surface area contributed by atoms with Crippen molar-refractivity contribution in [1.29, 1.82) is 0 Å². The molecule has 0 bridgehead atoms. The average molecular weight is 336 g/mol. The zero-order valence-electron chi connectivity index (χ0n) is 15.5. The van der Waals surface area contributed by atoms with E-state index in [1.807, 2.05) is 19.1 Å². The molecule has 1 N–H and O–H groups in total. The number of hydrogen-bond donors (Lipinski definition) is 1. The lowest BCUT2D eigenvalue weighted by Gasteiger charge is -2.28. The lowest BCUT2D eigenvalue weighted by atomic mass is 9.99. The molecule has 1 amide bonds. The van der Waals surface area contributed by atoms with E-state index in [0.717, 1.165) is 31.6 Å². The molecule has 0 saturated heterocycles. The zero-order valence-corrected chi connectivity index (χ0v) is 15.5. The predicted molar refractivity (Wildman–Crippen MR) is 102 cm³/mol. The van der Waals surface area contributed by atoms with Crippen LogP contribution in [-0.4, -0.2) is 23.4 Å². The Kier molecular flexibility index (Phi) is 5.54. The van der Waals surface area contributed by atoms with Gasteiger partial charge in [0.1, 0.15) is 0 Å². The third-order valence-electron chi connectivity index (χ3n) is 5.19. The van der Waals surface area contributed by atoms with Crippen molar-refractivity contribution in [3.63, 3.8) is 0 Å². The molecular formula is C22H28N2O. The Bertz CT molecular complexity index is 721. The Morgan fingerprint density at radius 3 is 2.40 bits per heavy atom. The zero-order chi connectivity index (χ0) is 17.8. The van der Waals surface area contributed by atoms with Gasteiger partial charge in [-0.3, -0.25) is 9.69 Å². The summed E-state index contributed by atoms with van der Waals surface area (Å²) in [5.74, 6) is 0.449. The third kappa shape index (κ3) is 4.49. The first-order valence-corrected chi connectivity index (χ1v) is 9.22. The molecule has 0 radical (unpaired) electrons. The third-order valence-corrected chi connectivity index (χ3v) is 5.19. The minimum absolute atomic E-state index is 0.0136. The van der Waals surface area contributed by atoms with Gasteiger partial charge in [0.2, 0.25) is 0 Å². The van der Waals surface area contributed by atoms with Crippen molar-refractivity contribution in [2.75, 3.05) is 6.54 Å². The van der Waals surface area contributed by atoms with Crippen LogP contribution in [0.4, 0.5) is 0 Å². The largest absolute Gasteiger partial charge is 0.349 e. The minimum Gasteiger partial charge on any atom is -0.349 e. The van der Waals surface area contributed by atoms with Crippen molar-refractivity contribution in [2.45, 2.75) is 46.3 Å². The van der Waals surface area contributed by atoms with Gasteiger partial charge in [0.05, 0.1) is 0 Å². The highest BCUT2D eigenvalue weighted by Crippen LogP contribution is 2.20. The van der Waals surface area contributed by atoms with E-state index in [1.165, 1.54) is 16.7 Å². The average Bonchev–Trinajstić information content (AvgIpc) is 2.62. The molecule has 0 aliphatic carbocycles. The van der Waals surface area contributed by atoms with Crippen molar-refractivity contribution >= 4 is 5.91 Å². The van der Waals surface area contributed by atoms with Crippen LogP contribution in [-0.2, 0) is 19.5 Å². The number of hydrogen-bond acceptors (Lipinski definition) is 2. The van der Waals surface area contributed by atoms with Crippen LogP contribution in [0.1, 0.15) is 47.8 Å². The van der Waals surface area contributed by atoms with Crippen molar-refractivity contribution in [1.82, 2.24) is 10.2 Å². The van der Waals surface area contributed by atoms with Crippen molar-refractivity contribution in [3.8, 4) is 0 Å². The molecule has 3 rings (SSSR count). The molecule has 1 unspecified atom stereocenters. The Morgan fingerprint density at radius 1 is 1.04 bits per heavy atom. The fourth-order valence-corrected chi connectivity index (χ4v) is 3.17. The van der Waals surface area contributed by atoms with Gasteiger partial charge in [-0.2, -0.15) is 0 Å². The summed E-state index contributed by atoms with van der Waals surface area (Å²) in [6.45, 7) is 9.30. The maximum absolute atomic E-state index is 12.3. The SMILES string of the molecule is CC(C)C(C)NC(=O)c1ccc(CN2CCc3ccccc3C2)cc1. The Hall–Kier alpha value is -2.13. The number of amides is 1. The van der Waals surface area contributed by atoms with Crippen LogP contribution in [0, 0.1) is 5.92 Å². The van der Waals surface area contributed by atoms with Crippen molar-refractivity contribution in [3.05, 3.63) is 70.8 Å². The van der Waals surface area contributed by atoms with Crippen LogP contribution in [0.25, 0.3) is 0 Å². The van der Waals surface area contributed by atoms with Gasteiger partial charge in [0.25, 0.3) is 5.91 Å². The molecule has 0 aromatic heterocycles. The van der Waals surface area contributed by atoms with E-state index in [9.17, 15) is 4.79 Å². The second-order valence-corrected chi connectivity index (χ2v) is 7.43. The molecular weight excluding hydrogens is 308 g/mol. The standard InChI is InChI=1S/C22H28N2O/c1-16(2)17(3)23-22(25)20-10-8-18(9-11-20)14-24-13-12-19-6-4-5-7-21(19)15-24/h4-11,16-17H,12-15H2,1-3H3,(H,23,25). The summed E-state index contributed by atoms with van der Waals surface area (Å²) in [6, 6.07) is 16.9. The molecule has 132 valence electrons. The fourth-order valence-electron chi connectivity index (χ4n) is 3.17. The van der Waals surface area contributed by atoms with Gasteiger partial charge in [-0.1, -0.05) is 50.2 Å². The maximum Gasteiger partial charge on any atom is 0.251 e. The van der Waals surface area contributed by atoms with Gasteiger partial charge >= 0.3 is 0 Å². The van der Waals surface area contributed by atoms with Crippen LogP contribution >= 0.6 is 0 Å². The number of carbonyl (C=O) groups excluding carboxylic acids is 1. The van der Waals surface area contributed by atoms with Crippen LogP contribution in [0.2, 0.25) is 0 Å². The Balaban J connectivity index is 1.59. The molecule has 0 saturated carbocycles. The van der Waals surface area contributed by atoms with Gasteiger partial charge in [0.15, 0.2) is 0 Å². The maximum atomic E-state index is 12.3. The molecule has 0 fully saturated rings. The smallest absolute Gasteiger partial charge is 0.251 e. The quantitative estimate of drug-likeness (QED) is 0.894. The summed E-state index contributed by atoms with van der Waals surface area (Å²) in [5, 5.41) is 3.06. The fraction of sp³-hybridized carbons (Fsp3) is 0.409. The molecule has 1 aliphatic rings. The van der Waals surface area contributed by atoms with Crippen LogP contribution in [0.3, 0.4) is 0 Å². The number of benzene rings is 2. The van der Waals surface area contributed by atoms with E-state index in [2.05, 4.69) is 60.5 Å².